The highest BCUT2D eigenvalue weighted by Crippen LogP contribution is 2.10. The molecule has 0 spiro atoms. The summed E-state index contributed by atoms with van der Waals surface area (Å²) in [7, 11) is 0. The summed E-state index contributed by atoms with van der Waals surface area (Å²) < 4.78 is 0. The van der Waals surface area contributed by atoms with Crippen LogP contribution in [0.1, 0.15) is 15.9 Å². The summed E-state index contributed by atoms with van der Waals surface area (Å²) in [6.07, 6.45) is 1.56. The molecule has 1 atom stereocenters. The Balaban J connectivity index is 2.63. The average Bonchev–Trinajstić information content (AvgIpc) is 2.19. The molecule has 1 aromatic rings. The molecule has 1 aromatic carbocycles. The molecule has 1 rings (SSSR count). The molecule has 0 heterocycles. The summed E-state index contributed by atoms with van der Waals surface area (Å²) in [5, 5.41) is -0.0382. The van der Waals surface area contributed by atoms with Gasteiger partial charge in [0.2, 0.25) is 0 Å². The molecule has 13 heavy (non-hydrogen) atoms. The first-order valence-electron chi connectivity index (χ1n) is 4.00. The predicted octanol–water partition coefficient (Wildman–Crippen LogP) is 2.89. The lowest BCUT2D eigenvalue weighted by Crippen LogP contribution is -2.04. The molecule has 0 radical (unpaired) electrons. The standard InChI is InChI=1S/C10H10Cl2O/c11-6-10(12)5-8-1-3-9(7-13)4-2-8/h1-4,7,10H,5-6H2. The molecule has 70 valence electrons. The van der Waals surface area contributed by atoms with E-state index in [2.05, 4.69) is 0 Å². The van der Waals surface area contributed by atoms with Crippen molar-refractivity contribution in [3.05, 3.63) is 35.4 Å². The Labute approximate surface area is 87.7 Å². The summed E-state index contributed by atoms with van der Waals surface area (Å²) in [6, 6.07) is 7.34. The third kappa shape index (κ3) is 3.37. The SMILES string of the molecule is O=Cc1ccc(CC(Cl)CCl)cc1. The highest BCUT2D eigenvalue weighted by molar-refractivity contribution is 6.28. The van der Waals surface area contributed by atoms with Gasteiger partial charge in [-0.05, 0) is 12.0 Å². The fourth-order valence-electron chi connectivity index (χ4n) is 1.04. The van der Waals surface area contributed by atoms with Gasteiger partial charge in [0, 0.05) is 11.4 Å². The van der Waals surface area contributed by atoms with Gasteiger partial charge < -0.3 is 0 Å². The molecular weight excluding hydrogens is 207 g/mol. The van der Waals surface area contributed by atoms with Crippen molar-refractivity contribution in [3.63, 3.8) is 0 Å². The van der Waals surface area contributed by atoms with E-state index in [0.717, 1.165) is 18.3 Å². The highest BCUT2D eigenvalue weighted by atomic mass is 35.5. The molecule has 0 amide bonds. The number of benzene rings is 1. The van der Waals surface area contributed by atoms with Crippen LogP contribution in [-0.4, -0.2) is 17.5 Å². The Morgan fingerprint density at radius 3 is 2.38 bits per heavy atom. The van der Waals surface area contributed by atoms with Crippen LogP contribution in [0.4, 0.5) is 0 Å². The third-order valence-corrected chi connectivity index (χ3v) is 2.58. The molecule has 3 heteroatoms. The van der Waals surface area contributed by atoms with Crippen LogP contribution in [-0.2, 0) is 6.42 Å². The zero-order valence-corrected chi connectivity index (χ0v) is 8.55. The highest BCUT2D eigenvalue weighted by Gasteiger charge is 2.03. The smallest absolute Gasteiger partial charge is 0.150 e. The van der Waals surface area contributed by atoms with Crippen molar-refractivity contribution in [2.45, 2.75) is 11.8 Å². The first-order chi connectivity index (χ1) is 6.26. The van der Waals surface area contributed by atoms with Crippen molar-refractivity contribution in [1.82, 2.24) is 0 Å². The first-order valence-corrected chi connectivity index (χ1v) is 4.97. The Bertz CT molecular complexity index is 269. The fourth-order valence-corrected chi connectivity index (χ4v) is 1.33. The lowest BCUT2D eigenvalue weighted by atomic mass is 10.1. The molecule has 0 N–H and O–H groups in total. The minimum atomic E-state index is -0.0382. The lowest BCUT2D eigenvalue weighted by molar-refractivity contribution is 0.112. The zero-order valence-electron chi connectivity index (χ0n) is 7.04. The van der Waals surface area contributed by atoms with E-state index in [4.69, 9.17) is 23.2 Å². The second kappa shape index (κ2) is 5.25. The maximum Gasteiger partial charge on any atom is 0.150 e. The summed E-state index contributed by atoms with van der Waals surface area (Å²) >= 11 is 11.4. The fraction of sp³-hybridized carbons (Fsp3) is 0.300. The van der Waals surface area contributed by atoms with Gasteiger partial charge in [-0.25, -0.2) is 0 Å². The lowest BCUT2D eigenvalue weighted by Gasteiger charge is -2.04. The summed E-state index contributed by atoms with van der Waals surface area (Å²) in [5.41, 5.74) is 1.78. The number of alkyl halides is 2. The molecule has 0 bridgehead atoms. The van der Waals surface area contributed by atoms with E-state index in [0.29, 0.717) is 11.4 Å². The molecular formula is C10H10Cl2O. The molecule has 0 aliphatic heterocycles. The van der Waals surface area contributed by atoms with Crippen LogP contribution in [0, 0.1) is 0 Å². The van der Waals surface area contributed by atoms with Crippen LogP contribution in [0.5, 0.6) is 0 Å². The summed E-state index contributed by atoms with van der Waals surface area (Å²) in [4.78, 5) is 10.3. The molecule has 0 saturated carbocycles. The van der Waals surface area contributed by atoms with Gasteiger partial charge in [-0.15, -0.1) is 23.2 Å². The molecule has 0 aliphatic carbocycles. The molecule has 0 aromatic heterocycles. The third-order valence-electron chi connectivity index (χ3n) is 1.74. The number of carbonyl (C=O) groups excluding carboxylic acids is 1. The Morgan fingerprint density at radius 2 is 1.92 bits per heavy atom. The minimum Gasteiger partial charge on any atom is -0.298 e. The van der Waals surface area contributed by atoms with Gasteiger partial charge in [0.1, 0.15) is 6.29 Å². The van der Waals surface area contributed by atoms with E-state index >= 15 is 0 Å². The van der Waals surface area contributed by atoms with Crippen molar-refractivity contribution >= 4 is 29.5 Å². The average molecular weight is 217 g/mol. The van der Waals surface area contributed by atoms with E-state index in [1.165, 1.54) is 0 Å². The summed E-state index contributed by atoms with van der Waals surface area (Å²) in [5.74, 6) is 0.441. The number of hydrogen-bond acceptors (Lipinski definition) is 1. The van der Waals surface area contributed by atoms with Crippen molar-refractivity contribution in [3.8, 4) is 0 Å². The second-order valence-electron chi connectivity index (χ2n) is 2.82. The van der Waals surface area contributed by atoms with Crippen LogP contribution in [0.15, 0.2) is 24.3 Å². The first kappa shape index (κ1) is 10.6. The van der Waals surface area contributed by atoms with Crippen molar-refractivity contribution in [2.75, 3.05) is 5.88 Å². The van der Waals surface area contributed by atoms with Crippen molar-refractivity contribution < 1.29 is 4.79 Å². The number of halogens is 2. The second-order valence-corrected chi connectivity index (χ2v) is 3.74. The maximum absolute atomic E-state index is 10.3. The zero-order chi connectivity index (χ0) is 9.68. The Hall–Kier alpha value is -0.530. The van der Waals surface area contributed by atoms with Crippen LogP contribution >= 0.6 is 23.2 Å². The van der Waals surface area contributed by atoms with E-state index in [9.17, 15) is 4.79 Å². The number of hydrogen-bond donors (Lipinski definition) is 0. The van der Waals surface area contributed by atoms with Gasteiger partial charge in [0.05, 0.1) is 5.38 Å². The van der Waals surface area contributed by atoms with E-state index in [1.54, 1.807) is 12.1 Å². The Kier molecular flexibility index (Phi) is 4.26. The maximum atomic E-state index is 10.3. The van der Waals surface area contributed by atoms with Crippen LogP contribution in [0.3, 0.4) is 0 Å². The van der Waals surface area contributed by atoms with Gasteiger partial charge >= 0.3 is 0 Å². The summed E-state index contributed by atoms with van der Waals surface area (Å²) in [6.45, 7) is 0. The number of aldehydes is 1. The molecule has 1 nitrogen and oxygen atoms in total. The van der Waals surface area contributed by atoms with Crippen LogP contribution in [0.25, 0.3) is 0 Å². The topological polar surface area (TPSA) is 17.1 Å². The Morgan fingerprint density at radius 1 is 1.31 bits per heavy atom. The minimum absolute atomic E-state index is 0.0382. The molecule has 0 fully saturated rings. The van der Waals surface area contributed by atoms with E-state index in [-0.39, 0.29) is 5.38 Å². The number of carbonyl (C=O) groups is 1. The normalized spacial score (nSPS) is 12.5. The van der Waals surface area contributed by atoms with E-state index < -0.39 is 0 Å². The largest absolute Gasteiger partial charge is 0.298 e. The van der Waals surface area contributed by atoms with Gasteiger partial charge in [0.15, 0.2) is 0 Å². The van der Waals surface area contributed by atoms with Gasteiger partial charge in [-0.1, -0.05) is 24.3 Å². The molecule has 0 saturated heterocycles. The van der Waals surface area contributed by atoms with E-state index in [1.807, 2.05) is 12.1 Å². The quantitative estimate of drug-likeness (QED) is 0.559. The van der Waals surface area contributed by atoms with Gasteiger partial charge in [0.25, 0.3) is 0 Å². The van der Waals surface area contributed by atoms with Gasteiger partial charge in [-0.2, -0.15) is 0 Å². The van der Waals surface area contributed by atoms with Crippen molar-refractivity contribution in [2.24, 2.45) is 0 Å². The number of rotatable bonds is 4. The predicted molar refractivity (Wildman–Crippen MR) is 55.9 cm³/mol. The monoisotopic (exact) mass is 216 g/mol. The van der Waals surface area contributed by atoms with Gasteiger partial charge in [-0.3, -0.25) is 4.79 Å². The molecule has 1 unspecified atom stereocenters. The van der Waals surface area contributed by atoms with Crippen LogP contribution in [0.2, 0.25) is 0 Å². The van der Waals surface area contributed by atoms with Crippen LogP contribution < -0.4 is 0 Å². The molecule has 0 aliphatic rings. The van der Waals surface area contributed by atoms with Crippen molar-refractivity contribution in [1.29, 1.82) is 0 Å².